The maximum atomic E-state index is 9.05. The van der Waals surface area contributed by atoms with Gasteiger partial charge in [0.25, 0.3) is 0 Å². The summed E-state index contributed by atoms with van der Waals surface area (Å²) in [5.74, 6) is 0. The molecule has 1 atom stereocenters. The molecular formula is C16H24N2O. The topological polar surface area (TPSA) is 26.7 Å². The van der Waals surface area contributed by atoms with Crippen LogP contribution < -0.4 is 0 Å². The third kappa shape index (κ3) is 3.35. The van der Waals surface area contributed by atoms with Crippen molar-refractivity contribution in [2.75, 3.05) is 26.2 Å². The Balaban J connectivity index is 1.62. The molecule has 2 fully saturated rings. The zero-order chi connectivity index (χ0) is 13.1. The first-order valence-electron chi connectivity index (χ1n) is 7.49. The summed E-state index contributed by atoms with van der Waals surface area (Å²) in [6.45, 7) is 4.48. The van der Waals surface area contributed by atoms with E-state index in [4.69, 9.17) is 5.11 Å². The Morgan fingerprint density at radius 3 is 2.58 bits per heavy atom. The molecule has 3 rings (SSSR count). The predicted octanol–water partition coefficient (Wildman–Crippen LogP) is 1.72. The lowest BCUT2D eigenvalue weighted by Crippen LogP contribution is -2.39. The SMILES string of the molecule is OCCN1CC[C@H](N(Cc2ccccc2)C2CC2)C1. The summed E-state index contributed by atoms with van der Waals surface area (Å²) in [6.07, 6.45) is 3.98. The molecule has 0 unspecified atom stereocenters. The van der Waals surface area contributed by atoms with E-state index in [1.54, 1.807) is 0 Å². The van der Waals surface area contributed by atoms with Gasteiger partial charge < -0.3 is 5.11 Å². The molecule has 0 aromatic heterocycles. The molecular weight excluding hydrogens is 236 g/mol. The number of aliphatic hydroxyl groups excluding tert-OH is 1. The molecule has 1 aromatic rings. The van der Waals surface area contributed by atoms with Gasteiger partial charge in [-0.2, -0.15) is 0 Å². The van der Waals surface area contributed by atoms with Gasteiger partial charge in [0, 0.05) is 31.7 Å². The first-order valence-corrected chi connectivity index (χ1v) is 7.49. The lowest BCUT2D eigenvalue weighted by Gasteiger charge is -2.29. The molecule has 1 aliphatic carbocycles. The van der Waals surface area contributed by atoms with Gasteiger partial charge in [0.2, 0.25) is 0 Å². The van der Waals surface area contributed by atoms with Crippen molar-refractivity contribution in [3.05, 3.63) is 35.9 Å². The van der Waals surface area contributed by atoms with E-state index in [1.165, 1.54) is 24.8 Å². The molecule has 0 bridgehead atoms. The third-order valence-corrected chi connectivity index (χ3v) is 4.36. The highest BCUT2D eigenvalue weighted by Gasteiger charge is 2.36. The van der Waals surface area contributed by atoms with E-state index >= 15 is 0 Å². The molecule has 3 nitrogen and oxygen atoms in total. The van der Waals surface area contributed by atoms with E-state index in [1.807, 2.05) is 0 Å². The van der Waals surface area contributed by atoms with E-state index in [-0.39, 0.29) is 6.61 Å². The molecule has 19 heavy (non-hydrogen) atoms. The summed E-state index contributed by atoms with van der Waals surface area (Å²) in [5.41, 5.74) is 1.43. The summed E-state index contributed by atoms with van der Waals surface area (Å²) in [6, 6.07) is 12.3. The lowest BCUT2D eigenvalue weighted by molar-refractivity contribution is 0.165. The summed E-state index contributed by atoms with van der Waals surface area (Å²) >= 11 is 0. The second-order valence-electron chi connectivity index (χ2n) is 5.86. The van der Waals surface area contributed by atoms with Crippen molar-refractivity contribution in [3.63, 3.8) is 0 Å². The van der Waals surface area contributed by atoms with E-state index in [0.29, 0.717) is 6.04 Å². The van der Waals surface area contributed by atoms with Gasteiger partial charge >= 0.3 is 0 Å². The molecule has 1 saturated heterocycles. The van der Waals surface area contributed by atoms with Gasteiger partial charge in [-0.15, -0.1) is 0 Å². The Bertz CT molecular complexity index is 391. The van der Waals surface area contributed by atoms with Crippen molar-refractivity contribution in [1.29, 1.82) is 0 Å². The third-order valence-electron chi connectivity index (χ3n) is 4.36. The second kappa shape index (κ2) is 6.04. The van der Waals surface area contributed by atoms with Gasteiger partial charge in [-0.1, -0.05) is 30.3 Å². The van der Waals surface area contributed by atoms with Crippen LogP contribution in [-0.4, -0.2) is 53.2 Å². The molecule has 0 spiro atoms. The normalized spacial score (nSPS) is 24.2. The van der Waals surface area contributed by atoms with Gasteiger partial charge in [-0.05, 0) is 31.4 Å². The molecule has 0 amide bonds. The summed E-state index contributed by atoms with van der Waals surface area (Å²) in [7, 11) is 0. The number of β-amino-alcohol motifs (C(OH)–C–C–N with tert-alkyl or cyclic N) is 1. The van der Waals surface area contributed by atoms with Crippen molar-refractivity contribution in [2.45, 2.75) is 37.9 Å². The van der Waals surface area contributed by atoms with Crippen molar-refractivity contribution in [1.82, 2.24) is 9.80 Å². The Hall–Kier alpha value is -0.900. The molecule has 1 saturated carbocycles. The van der Waals surface area contributed by atoms with Crippen LogP contribution in [0.4, 0.5) is 0 Å². The van der Waals surface area contributed by atoms with Gasteiger partial charge in [0.15, 0.2) is 0 Å². The minimum Gasteiger partial charge on any atom is -0.395 e. The minimum atomic E-state index is 0.287. The van der Waals surface area contributed by atoms with Crippen LogP contribution in [0.3, 0.4) is 0 Å². The van der Waals surface area contributed by atoms with Crippen LogP contribution in [0.2, 0.25) is 0 Å². The average Bonchev–Trinajstić information content (AvgIpc) is 3.18. The monoisotopic (exact) mass is 260 g/mol. The fraction of sp³-hybridized carbons (Fsp3) is 0.625. The van der Waals surface area contributed by atoms with Crippen LogP contribution in [-0.2, 0) is 6.54 Å². The number of rotatable bonds is 6. The maximum absolute atomic E-state index is 9.05. The highest BCUT2D eigenvalue weighted by Crippen LogP contribution is 2.32. The summed E-state index contributed by atoms with van der Waals surface area (Å²) in [4.78, 5) is 5.09. The summed E-state index contributed by atoms with van der Waals surface area (Å²) in [5, 5.41) is 9.05. The summed E-state index contributed by atoms with van der Waals surface area (Å²) < 4.78 is 0. The standard InChI is InChI=1S/C16H24N2O/c19-11-10-17-9-8-16(13-17)18(15-6-7-15)12-14-4-2-1-3-5-14/h1-5,15-16,19H,6-13H2/t16-/m0/s1. The van der Waals surface area contributed by atoms with E-state index in [2.05, 4.69) is 40.1 Å². The molecule has 1 N–H and O–H groups in total. The Morgan fingerprint density at radius 1 is 1.11 bits per heavy atom. The number of benzene rings is 1. The highest BCUT2D eigenvalue weighted by molar-refractivity contribution is 5.15. The number of hydrogen-bond acceptors (Lipinski definition) is 3. The zero-order valence-electron chi connectivity index (χ0n) is 11.5. The fourth-order valence-electron chi connectivity index (χ4n) is 3.18. The highest BCUT2D eigenvalue weighted by atomic mass is 16.3. The fourth-order valence-corrected chi connectivity index (χ4v) is 3.18. The number of hydrogen-bond donors (Lipinski definition) is 1. The van der Waals surface area contributed by atoms with Gasteiger partial charge in [0.05, 0.1) is 6.61 Å². The van der Waals surface area contributed by atoms with Crippen LogP contribution in [0.5, 0.6) is 0 Å². The molecule has 104 valence electrons. The lowest BCUT2D eigenvalue weighted by atomic mass is 10.1. The predicted molar refractivity (Wildman–Crippen MR) is 76.9 cm³/mol. The van der Waals surface area contributed by atoms with Gasteiger partial charge in [0.1, 0.15) is 0 Å². The van der Waals surface area contributed by atoms with Crippen LogP contribution in [0, 0.1) is 0 Å². The first-order chi connectivity index (χ1) is 9.36. The molecule has 1 aromatic carbocycles. The van der Waals surface area contributed by atoms with Crippen LogP contribution >= 0.6 is 0 Å². The smallest absolute Gasteiger partial charge is 0.0558 e. The van der Waals surface area contributed by atoms with Crippen molar-refractivity contribution in [2.24, 2.45) is 0 Å². The van der Waals surface area contributed by atoms with Crippen molar-refractivity contribution in [3.8, 4) is 0 Å². The molecule has 1 heterocycles. The largest absolute Gasteiger partial charge is 0.395 e. The number of likely N-dealkylation sites (tertiary alicyclic amines) is 1. The Kier molecular flexibility index (Phi) is 4.16. The first kappa shape index (κ1) is 13.1. The number of aliphatic hydroxyl groups is 1. The zero-order valence-corrected chi connectivity index (χ0v) is 11.5. The Labute approximate surface area is 115 Å². The second-order valence-corrected chi connectivity index (χ2v) is 5.86. The maximum Gasteiger partial charge on any atom is 0.0558 e. The van der Waals surface area contributed by atoms with Crippen molar-refractivity contribution >= 4 is 0 Å². The van der Waals surface area contributed by atoms with E-state index in [9.17, 15) is 0 Å². The quantitative estimate of drug-likeness (QED) is 0.843. The minimum absolute atomic E-state index is 0.287. The van der Waals surface area contributed by atoms with E-state index in [0.717, 1.165) is 32.2 Å². The van der Waals surface area contributed by atoms with Gasteiger partial charge in [-0.25, -0.2) is 0 Å². The van der Waals surface area contributed by atoms with Crippen LogP contribution in [0.15, 0.2) is 30.3 Å². The van der Waals surface area contributed by atoms with E-state index < -0.39 is 0 Å². The number of nitrogens with zero attached hydrogens (tertiary/aromatic N) is 2. The van der Waals surface area contributed by atoms with Crippen molar-refractivity contribution < 1.29 is 5.11 Å². The average molecular weight is 260 g/mol. The van der Waals surface area contributed by atoms with Gasteiger partial charge in [-0.3, -0.25) is 9.80 Å². The van der Waals surface area contributed by atoms with Crippen LogP contribution in [0.1, 0.15) is 24.8 Å². The molecule has 0 radical (unpaired) electrons. The molecule has 2 aliphatic rings. The molecule has 1 aliphatic heterocycles. The molecule has 3 heteroatoms. The Morgan fingerprint density at radius 2 is 1.89 bits per heavy atom. The van der Waals surface area contributed by atoms with Crippen LogP contribution in [0.25, 0.3) is 0 Å².